The highest BCUT2D eigenvalue weighted by Crippen LogP contribution is 2.41. The van der Waals surface area contributed by atoms with Gasteiger partial charge in [0, 0.05) is 32.5 Å². The van der Waals surface area contributed by atoms with Crippen molar-refractivity contribution in [1.29, 1.82) is 0 Å². The number of nitrogens with zero attached hydrogens (tertiary/aromatic N) is 2. The predicted molar refractivity (Wildman–Crippen MR) is 225 cm³/mol. The number of furan rings is 1. The van der Waals surface area contributed by atoms with Crippen molar-refractivity contribution in [3.8, 4) is 50.3 Å². The third-order valence-electron chi connectivity index (χ3n) is 10.8. The molecule has 54 heavy (non-hydrogen) atoms. The van der Waals surface area contributed by atoms with Gasteiger partial charge in [-0.15, -0.1) is 0 Å². The van der Waals surface area contributed by atoms with Crippen LogP contribution in [-0.2, 0) is 0 Å². The topological polar surface area (TPSA) is 31.0 Å². The van der Waals surface area contributed by atoms with E-state index in [0.29, 0.717) is 0 Å². The standard InChI is InChI=1S/C51H32N2O/c1-4-13-33(14-5-1)36-24-27-47-43(29-36)44-30-37(34-15-6-2-7-16-34)25-28-48(44)53(47)49-22-12-20-41-40-26-23-38(31-50(40)54-51(41)49)46-32-42(35-17-8-3-9-18-35)39-19-10-11-21-45(39)52-46/h1-32H. The van der Waals surface area contributed by atoms with Crippen molar-refractivity contribution in [2.75, 3.05) is 0 Å². The zero-order valence-electron chi connectivity index (χ0n) is 29.3. The van der Waals surface area contributed by atoms with Crippen LogP contribution >= 0.6 is 0 Å². The minimum absolute atomic E-state index is 0.838. The van der Waals surface area contributed by atoms with Gasteiger partial charge in [-0.1, -0.05) is 140 Å². The van der Waals surface area contributed by atoms with E-state index < -0.39 is 0 Å². The van der Waals surface area contributed by atoms with Crippen molar-refractivity contribution in [2.24, 2.45) is 0 Å². The van der Waals surface area contributed by atoms with Gasteiger partial charge in [0.2, 0.25) is 0 Å². The maximum Gasteiger partial charge on any atom is 0.159 e. The number of para-hydroxylation sites is 2. The molecular weight excluding hydrogens is 657 g/mol. The molecule has 252 valence electrons. The highest BCUT2D eigenvalue weighted by Gasteiger charge is 2.20. The summed E-state index contributed by atoms with van der Waals surface area (Å²) >= 11 is 0. The van der Waals surface area contributed by atoms with Crippen molar-refractivity contribution in [3.63, 3.8) is 0 Å². The van der Waals surface area contributed by atoms with Crippen LogP contribution in [0.4, 0.5) is 0 Å². The fourth-order valence-electron chi connectivity index (χ4n) is 8.20. The fraction of sp³-hybridized carbons (Fsp3) is 0. The lowest BCUT2D eigenvalue weighted by atomic mass is 9.98. The Morgan fingerprint density at radius 1 is 0.370 bits per heavy atom. The first-order valence-electron chi connectivity index (χ1n) is 18.4. The van der Waals surface area contributed by atoms with Crippen LogP contribution in [-0.4, -0.2) is 9.55 Å². The summed E-state index contributed by atoms with van der Waals surface area (Å²) in [6.45, 7) is 0. The molecule has 0 bridgehead atoms. The molecule has 0 N–H and O–H groups in total. The van der Waals surface area contributed by atoms with Gasteiger partial charge >= 0.3 is 0 Å². The van der Waals surface area contributed by atoms with Gasteiger partial charge in [0.1, 0.15) is 5.58 Å². The van der Waals surface area contributed by atoms with E-state index >= 15 is 0 Å². The van der Waals surface area contributed by atoms with Crippen molar-refractivity contribution >= 4 is 54.6 Å². The molecule has 0 atom stereocenters. The summed E-state index contributed by atoms with van der Waals surface area (Å²) in [6, 6.07) is 69.0. The van der Waals surface area contributed by atoms with Crippen LogP contribution in [0.1, 0.15) is 0 Å². The van der Waals surface area contributed by atoms with Gasteiger partial charge in [0.05, 0.1) is 27.9 Å². The first-order valence-corrected chi connectivity index (χ1v) is 18.4. The summed E-state index contributed by atoms with van der Waals surface area (Å²) in [5.41, 5.74) is 15.0. The number of hydrogen-bond acceptors (Lipinski definition) is 2. The molecule has 3 nitrogen and oxygen atoms in total. The zero-order valence-corrected chi connectivity index (χ0v) is 29.3. The summed E-state index contributed by atoms with van der Waals surface area (Å²) < 4.78 is 9.28. The Morgan fingerprint density at radius 3 is 1.61 bits per heavy atom. The predicted octanol–water partition coefficient (Wildman–Crippen LogP) is 13.9. The number of hydrogen-bond donors (Lipinski definition) is 0. The van der Waals surface area contributed by atoms with E-state index in [1.165, 1.54) is 44.2 Å². The molecule has 0 saturated heterocycles. The Labute approximate surface area is 312 Å². The second kappa shape index (κ2) is 12.2. The second-order valence-corrected chi connectivity index (χ2v) is 13.9. The Morgan fingerprint density at radius 2 is 0.944 bits per heavy atom. The normalized spacial score (nSPS) is 11.7. The average Bonchev–Trinajstić information content (AvgIpc) is 3.79. The van der Waals surface area contributed by atoms with E-state index in [-0.39, 0.29) is 0 Å². The average molecular weight is 689 g/mol. The van der Waals surface area contributed by atoms with Crippen LogP contribution in [0.25, 0.3) is 105 Å². The summed E-state index contributed by atoms with van der Waals surface area (Å²) in [4.78, 5) is 5.13. The molecule has 0 saturated carbocycles. The SMILES string of the molecule is c1ccc(-c2ccc3c(c2)c2cc(-c4ccccc4)ccc2n3-c2cccc3c2oc2cc(-c4cc(-c5ccccc5)c5ccccc5n4)ccc23)cc1. The quantitative estimate of drug-likeness (QED) is 0.180. The van der Waals surface area contributed by atoms with Gasteiger partial charge in [-0.25, -0.2) is 4.98 Å². The molecule has 0 fully saturated rings. The number of pyridine rings is 1. The lowest BCUT2D eigenvalue weighted by Gasteiger charge is -2.10. The third kappa shape index (κ3) is 4.87. The molecule has 3 heteroatoms. The van der Waals surface area contributed by atoms with E-state index in [2.05, 4.69) is 199 Å². The lowest BCUT2D eigenvalue weighted by Crippen LogP contribution is -1.94. The highest BCUT2D eigenvalue weighted by atomic mass is 16.3. The summed E-state index contributed by atoms with van der Waals surface area (Å²) in [5.74, 6) is 0. The summed E-state index contributed by atoms with van der Waals surface area (Å²) in [5, 5.41) is 5.72. The first-order chi connectivity index (χ1) is 26.8. The molecule has 8 aromatic carbocycles. The fourth-order valence-corrected chi connectivity index (χ4v) is 8.20. The van der Waals surface area contributed by atoms with Crippen LogP contribution in [0.2, 0.25) is 0 Å². The number of fused-ring (bicyclic) bond motifs is 7. The molecule has 11 rings (SSSR count). The maximum absolute atomic E-state index is 6.91. The Balaban J connectivity index is 1.11. The first kappa shape index (κ1) is 30.4. The van der Waals surface area contributed by atoms with Crippen molar-refractivity contribution < 1.29 is 4.42 Å². The van der Waals surface area contributed by atoms with Crippen LogP contribution < -0.4 is 0 Å². The third-order valence-corrected chi connectivity index (χ3v) is 10.8. The molecule has 0 unspecified atom stereocenters. The minimum atomic E-state index is 0.838. The van der Waals surface area contributed by atoms with Gasteiger partial charge in [-0.3, -0.25) is 0 Å². The minimum Gasteiger partial charge on any atom is -0.454 e. The molecule has 0 spiro atoms. The monoisotopic (exact) mass is 688 g/mol. The van der Waals surface area contributed by atoms with Gasteiger partial charge < -0.3 is 8.98 Å². The lowest BCUT2D eigenvalue weighted by molar-refractivity contribution is 0.666. The van der Waals surface area contributed by atoms with Gasteiger partial charge in [-0.05, 0) is 88.0 Å². The summed E-state index contributed by atoms with van der Waals surface area (Å²) in [7, 11) is 0. The van der Waals surface area contributed by atoms with Crippen LogP contribution in [0.3, 0.4) is 0 Å². The second-order valence-electron chi connectivity index (χ2n) is 13.9. The van der Waals surface area contributed by atoms with Gasteiger partial charge in [0.25, 0.3) is 0 Å². The maximum atomic E-state index is 6.91. The molecule has 0 aliphatic heterocycles. The molecule has 0 aliphatic carbocycles. The largest absolute Gasteiger partial charge is 0.454 e. The number of aromatic nitrogens is 2. The Kier molecular flexibility index (Phi) is 6.86. The van der Waals surface area contributed by atoms with Crippen LogP contribution in [0.5, 0.6) is 0 Å². The molecular formula is C51H32N2O. The molecule has 3 heterocycles. The van der Waals surface area contributed by atoms with Gasteiger partial charge in [-0.2, -0.15) is 0 Å². The van der Waals surface area contributed by atoms with Crippen LogP contribution in [0, 0.1) is 0 Å². The molecule has 0 aliphatic rings. The zero-order chi connectivity index (χ0) is 35.6. The van der Waals surface area contributed by atoms with E-state index in [4.69, 9.17) is 9.40 Å². The molecule has 0 radical (unpaired) electrons. The van der Waals surface area contributed by atoms with Crippen molar-refractivity contribution in [2.45, 2.75) is 0 Å². The Bertz CT molecular complexity index is 3100. The number of benzene rings is 8. The van der Waals surface area contributed by atoms with E-state index in [9.17, 15) is 0 Å². The Hall–Kier alpha value is -7.23. The highest BCUT2D eigenvalue weighted by molar-refractivity contribution is 6.14. The van der Waals surface area contributed by atoms with Crippen LogP contribution in [0.15, 0.2) is 199 Å². The molecule has 3 aromatic heterocycles. The van der Waals surface area contributed by atoms with E-state index in [1.807, 2.05) is 0 Å². The molecule has 11 aromatic rings. The summed E-state index contributed by atoms with van der Waals surface area (Å²) in [6.07, 6.45) is 0. The number of rotatable bonds is 5. The molecule has 0 amide bonds. The van der Waals surface area contributed by atoms with E-state index in [0.717, 1.165) is 60.8 Å². The smallest absolute Gasteiger partial charge is 0.159 e. The van der Waals surface area contributed by atoms with Crippen molar-refractivity contribution in [1.82, 2.24) is 9.55 Å². The van der Waals surface area contributed by atoms with Crippen molar-refractivity contribution in [3.05, 3.63) is 194 Å². The van der Waals surface area contributed by atoms with Gasteiger partial charge in [0.15, 0.2) is 5.58 Å². The van der Waals surface area contributed by atoms with E-state index in [1.54, 1.807) is 0 Å².